The Balaban J connectivity index is 1.63. The molecule has 1 aliphatic heterocycles. The standard InChI is InChI=1S/C11H21NO2/c12-11(9-3-1-2-4-9)8-14-10-5-6-13-7-10/h9-11H,1-8,12H2. The van der Waals surface area contributed by atoms with E-state index in [4.69, 9.17) is 15.2 Å². The summed E-state index contributed by atoms with van der Waals surface area (Å²) in [6, 6.07) is 0.248. The fourth-order valence-electron chi connectivity index (χ4n) is 2.41. The molecular weight excluding hydrogens is 178 g/mol. The van der Waals surface area contributed by atoms with Crippen molar-refractivity contribution in [2.24, 2.45) is 11.7 Å². The molecule has 1 aliphatic carbocycles. The van der Waals surface area contributed by atoms with Gasteiger partial charge in [-0.3, -0.25) is 0 Å². The van der Waals surface area contributed by atoms with Crippen molar-refractivity contribution in [2.75, 3.05) is 19.8 Å². The first-order chi connectivity index (χ1) is 6.86. The predicted molar refractivity (Wildman–Crippen MR) is 55.1 cm³/mol. The topological polar surface area (TPSA) is 44.5 Å². The maximum atomic E-state index is 6.09. The number of nitrogens with two attached hydrogens (primary N) is 1. The average molecular weight is 199 g/mol. The van der Waals surface area contributed by atoms with Gasteiger partial charge in [-0.05, 0) is 25.2 Å². The Morgan fingerprint density at radius 1 is 1.29 bits per heavy atom. The molecule has 0 bridgehead atoms. The molecule has 0 amide bonds. The molecule has 0 aromatic heterocycles. The molecule has 2 N–H and O–H groups in total. The second-order valence-electron chi connectivity index (χ2n) is 4.53. The second kappa shape index (κ2) is 5.10. The van der Waals surface area contributed by atoms with Gasteiger partial charge in [-0.1, -0.05) is 12.8 Å². The van der Waals surface area contributed by atoms with Crippen molar-refractivity contribution >= 4 is 0 Å². The predicted octanol–water partition coefficient (Wildman–Crippen LogP) is 1.31. The molecule has 3 heteroatoms. The summed E-state index contributed by atoms with van der Waals surface area (Å²) in [4.78, 5) is 0. The molecule has 82 valence electrons. The van der Waals surface area contributed by atoms with Crippen molar-refractivity contribution in [3.63, 3.8) is 0 Å². The lowest BCUT2D eigenvalue weighted by Gasteiger charge is -2.20. The molecule has 2 atom stereocenters. The Hall–Kier alpha value is -0.120. The fourth-order valence-corrected chi connectivity index (χ4v) is 2.41. The molecule has 0 aromatic carbocycles. The Labute approximate surface area is 85.9 Å². The van der Waals surface area contributed by atoms with E-state index < -0.39 is 0 Å². The van der Waals surface area contributed by atoms with Crippen LogP contribution in [0.2, 0.25) is 0 Å². The maximum absolute atomic E-state index is 6.09. The van der Waals surface area contributed by atoms with E-state index in [1.807, 2.05) is 0 Å². The molecule has 0 spiro atoms. The van der Waals surface area contributed by atoms with Crippen molar-refractivity contribution in [1.82, 2.24) is 0 Å². The van der Waals surface area contributed by atoms with Gasteiger partial charge in [0.15, 0.2) is 0 Å². The van der Waals surface area contributed by atoms with Crippen LogP contribution in [0.25, 0.3) is 0 Å². The van der Waals surface area contributed by atoms with E-state index in [0.29, 0.717) is 12.0 Å². The zero-order chi connectivity index (χ0) is 9.80. The smallest absolute Gasteiger partial charge is 0.0831 e. The van der Waals surface area contributed by atoms with Gasteiger partial charge in [-0.15, -0.1) is 0 Å². The summed E-state index contributed by atoms with van der Waals surface area (Å²) >= 11 is 0. The van der Waals surface area contributed by atoms with Gasteiger partial charge in [0.05, 0.1) is 19.3 Å². The van der Waals surface area contributed by atoms with Gasteiger partial charge < -0.3 is 15.2 Å². The molecule has 0 aromatic rings. The van der Waals surface area contributed by atoms with E-state index in [-0.39, 0.29) is 6.04 Å². The van der Waals surface area contributed by atoms with Crippen LogP contribution in [0.3, 0.4) is 0 Å². The molecule has 14 heavy (non-hydrogen) atoms. The SMILES string of the molecule is NC(COC1CCOC1)C1CCCC1. The van der Waals surface area contributed by atoms with Crippen LogP contribution in [0, 0.1) is 5.92 Å². The van der Waals surface area contributed by atoms with Gasteiger partial charge in [-0.25, -0.2) is 0 Å². The van der Waals surface area contributed by atoms with E-state index in [2.05, 4.69) is 0 Å². The Kier molecular flexibility index (Phi) is 3.79. The summed E-state index contributed by atoms with van der Waals surface area (Å²) in [7, 11) is 0. The fraction of sp³-hybridized carbons (Fsp3) is 1.00. The summed E-state index contributed by atoms with van der Waals surface area (Å²) in [6.45, 7) is 2.33. The lowest BCUT2D eigenvalue weighted by Crippen LogP contribution is -2.35. The molecule has 1 saturated heterocycles. The highest BCUT2D eigenvalue weighted by molar-refractivity contribution is 4.78. The van der Waals surface area contributed by atoms with Crippen LogP contribution < -0.4 is 5.73 Å². The molecule has 1 heterocycles. The largest absolute Gasteiger partial charge is 0.379 e. The molecule has 1 saturated carbocycles. The Morgan fingerprint density at radius 3 is 2.71 bits per heavy atom. The maximum Gasteiger partial charge on any atom is 0.0831 e. The molecule has 2 rings (SSSR count). The van der Waals surface area contributed by atoms with Crippen LogP contribution >= 0.6 is 0 Å². The van der Waals surface area contributed by atoms with Gasteiger partial charge in [-0.2, -0.15) is 0 Å². The Morgan fingerprint density at radius 2 is 2.07 bits per heavy atom. The highest BCUT2D eigenvalue weighted by atomic mass is 16.5. The number of ether oxygens (including phenoxy) is 2. The van der Waals surface area contributed by atoms with E-state index in [9.17, 15) is 0 Å². The molecule has 2 aliphatic rings. The first-order valence-electron chi connectivity index (χ1n) is 5.81. The van der Waals surface area contributed by atoms with Gasteiger partial charge in [0, 0.05) is 12.6 Å². The zero-order valence-corrected chi connectivity index (χ0v) is 8.78. The number of hydrogen-bond donors (Lipinski definition) is 1. The first kappa shape index (κ1) is 10.4. The third kappa shape index (κ3) is 2.69. The second-order valence-corrected chi connectivity index (χ2v) is 4.53. The first-order valence-corrected chi connectivity index (χ1v) is 5.81. The lowest BCUT2D eigenvalue weighted by molar-refractivity contribution is 0.0276. The molecule has 0 radical (unpaired) electrons. The molecule has 2 fully saturated rings. The van der Waals surface area contributed by atoms with Crippen LogP contribution in [0.4, 0.5) is 0 Å². The summed E-state index contributed by atoms with van der Waals surface area (Å²) in [5, 5.41) is 0. The number of rotatable bonds is 4. The number of hydrogen-bond acceptors (Lipinski definition) is 3. The lowest BCUT2D eigenvalue weighted by atomic mass is 10.00. The van der Waals surface area contributed by atoms with Crippen LogP contribution in [0.15, 0.2) is 0 Å². The third-order valence-corrected chi connectivity index (χ3v) is 3.42. The van der Waals surface area contributed by atoms with E-state index >= 15 is 0 Å². The monoisotopic (exact) mass is 199 g/mol. The van der Waals surface area contributed by atoms with Crippen molar-refractivity contribution in [2.45, 2.75) is 44.2 Å². The summed E-state index contributed by atoms with van der Waals surface area (Å²) in [6.07, 6.45) is 6.65. The minimum atomic E-state index is 0.248. The van der Waals surface area contributed by atoms with Crippen LogP contribution in [-0.4, -0.2) is 32.0 Å². The van der Waals surface area contributed by atoms with E-state index in [0.717, 1.165) is 26.2 Å². The summed E-state index contributed by atoms with van der Waals surface area (Å²) < 4.78 is 11.0. The quantitative estimate of drug-likeness (QED) is 0.742. The van der Waals surface area contributed by atoms with Gasteiger partial charge in [0.25, 0.3) is 0 Å². The van der Waals surface area contributed by atoms with Crippen LogP contribution in [0.1, 0.15) is 32.1 Å². The highest BCUT2D eigenvalue weighted by Crippen LogP contribution is 2.27. The third-order valence-electron chi connectivity index (χ3n) is 3.42. The van der Waals surface area contributed by atoms with Crippen molar-refractivity contribution in [1.29, 1.82) is 0 Å². The highest BCUT2D eigenvalue weighted by Gasteiger charge is 2.24. The molecule has 3 nitrogen and oxygen atoms in total. The zero-order valence-electron chi connectivity index (χ0n) is 8.78. The normalized spacial score (nSPS) is 31.1. The minimum absolute atomic E-state index is 0.248. The Bertz CT molecular complexity index is 163. The van der Waals surface area contributed by atoms with Gasteiger partial charge in [0.2, 0.25) is 0 Å². The van der Waals surface area contributed by atoms with Crippen molar-refractivity contribution in [3.05, 3.63) is 0 Å². The summed E-state index contributed by atoms with van der Waals surface area (Å²) in [5.74, 6) is 0.706. The van der Waals surface area contributed by atoms with Gasteiger partial charge >= 0.3 is 0 Å². The van der Waals surface area contributed by atoms with E-state index in [1.54, 1.807) is 0 Å². The van der Waals surface area contributed by atoms with Crippen LogP contribution in [0.5, 0.6) is 0 Å². The summed E-state index contributed by atoms with van der Waals surface area (Å²) in [5.41, 5.74) is 6.09. The van der Waals surface area contributed by atoms with Gasteiger partial charge in [0.1, 0.15) is 0 Å². The van der Waals surface area contributed by atoms with Crippen LogP contribution in [-0.2, 0) is 9.47 Å². The molecule has 2 unspecified atom stereocenters. The van der Waals surface area contributed by atoms with E-state index in [1.165, 1.54) is 25.7 Å². The minimum Gasteiger partial charge on any atom is -0.379 e. The van der Waals surface area contributed by atoms with Crippen molar-refractivity contribution in [3.8, 4) is 0 Å². The molecular formula is C11H21NO2. The average Bonchev–Trinajstić information content (AvgIpc) is 2.87. The van der Waals surface area contributed by atoms with Crippen molar-refractivity contribution < 1.29 is 9.47 Å².